The molecule has 0 bridgehead atoms. The molecule has 2 heterocycles. The molecule has 2 aromatic rings. The van der Waals surface area contributed by atoms with Gasteiger partial charge in [0.05, 0.1) is 12.2 Å². The van der Waals surface area contributed by atoms with Gasteiger partial charge < -0.3 is 4.74 Å². The molecule has 0 atom stereocenters. The normalized spacial score (nSPS) is 16.8. The van der Waals surface area contributed by atoms with Crippen LogP contribution in [-0.2, 0) is 12.7 Å². The molecule has 0 radical (unpaired) electrons. The van der Waals surface area contributed by atoms with Crippen LogP contribution in [0.4, 0.5) is 13.2 Å². The summed E-state index contributed by atoms with van der Waals surface area (Å²) < 4.78 is 44.8. The summed E-state index contributed by atoms with van der Waals surface area (Å²) in [5.74, 6) is 0.373. The Morgan fingerprint density at radius 3 is 2.40 bits per heavy atom. The zero-order valence-electron chi connectivity index (χ0n) is 13.7. The first-order valence-electron chi connectivity index (χ1n) is 8.29. The fraction of sp³-hybridized carbons (Fsp3) is 0.444. The van der Waals surface area contributed by atoms with Crippen LogP contribution in [0.25, 0.3) is 0 Å². The number of alkyl halides is 3. The molecule has 0 unspecified atom stereocenters. The Labute approximate surface area is 144 Å². The highest BCUT2D eigenvalue weighted by molar-refractivity contribution is 5.29. The van der Waals surface area contributed by atoms with Crippen LogP contribution in [-0.4, -0.2) is 34.6 Å². The molecule has 0 saturated carbocycles. The lowest BCUT2D eigenvalue weighted by Gasteiger charge is -2.32. The molecule has 4 nitrogen and oxygen atoms in total. The van der Waals surface area contributed by atoms with E-state index in [0.29, 0.717) is 30.6 Å². The molecule has 1 fully saturated rings. The highest BCUT2D eigenvalue weighted by Gasteiger charge is 2.33. The minimum Gasteiger partial charge on any atom is -0.463 e. The summed E-state index contributed by atoms with van der Waals surface area (Å²) in [4.78, 5) is 10.1. The molecule has 0 spiro atoms. The predicted molar refractivity (Wildman–Crippen MR) is 87.0 cm³/mol. The van der Waals surface area contributed by atoms with Gasteiger partial charge in [-0.1, -0.05) is 18.2 Å². The first-order chi connectivity index (χ1) is 12.0. The lowest BCUT2D eigenvalue weighted by molar-refractivity contribution is -0.138. The maximum atomic E-state index is 13.1. The van der Waals surface area contributed by atoms with Gasteiger partial charge in [-0.2, -0.15) is 13.2 Å². The molecule has 134 valence electrons. The van der Waals surface area contributed by atoms with Crippen LogP contribution in [0.3, 0.4) is 0 Å². The Balaban J connectivity index is 1.50. The summed E-state index contributed by atoms with van der Waals surface area (Å²) in [6.45, 7) is 2.38. The van der Waals surface area contributed by atoms with E-state index in [9.17, 15) is 13.2 Å². The van der Waals surface area contributed by atoms with Crippen molar-refractivity contribution < 1.29 is 17.9 Å². The van der Waals surface area contributed by atoms with Crippen LogP contribution < -0.4 is 4.74 Å². The largest absolute Gasteiger partial charge is 0.463 e. The van der Waals surface area contributed by atoms with Gasteiger partial charge in [0.25, 0.3) is 0 Å². The molecule has 3 rings (SSSR count). The lowest BCUT2D eigenvalue weighted by atomic mass is 9.97. The van der Waals surface area contributed by atoms with E-state index in [1.165, 1.54) is 6.07 Å². The van der Waals surface area contributed by atoms with Gasteiger partial charge in [-0.3, -0.25) is 4.90 Å². The van der Waals surface area contributed by atoms with Crippen molar-refractivity contribution in [2.45, 2.75) is 25.6 Å². The Morgan fingerprint density at radius 1 is 1.04 bits per heavy atom. The maximum Gasteiger partial charge on any atom is 0.416 e. The van der Waals surface area contributed by atoms with E-state index in [2.05, 4.69) is 14.9 Å². The van der Waals surface area contributed by atoms with E-state index in [4.69, 9.17) is 4.74 Å². The van der Waals surface area contributed by atoms with Gasteiger partial charge in [-0.15, -0.1) is 0 Å². The monoisotopic (exact) mass is 351 g/mol. The van der Waals surface area contributed by atoms with E-state index in [1.54, 1.807) is 30.6 Å². The van der Waals surface area contributed by atoms with E-state index < -0.39 is 11.7 Å². The molecule has 1 aromatic carbocycles. The second kappa shape index (κ2) is 7.82. The van der Waals surface area contributed by atoms with Crippen molar-refractivity contribution in [3.63, 3.8) is 0 Å². The zero-order chi connectivity index (χ0) is 17.7. The van der Waals surface area contributed by atoms with Crippen molar-refractivity contribution in [2.24, 2.45) is 5.92 Å². The lowest BCUT2D eigenvalue weighted by Crippen LogP contribution is -2.35. The number of likely N-dealkylation sites (tertiary alicyclic amines) is 1. The Hall–Kier alpha value is -2.15. The summed E-state index contributed by atoms with van der Waals surface area (Å²) in [6, 6.07) is 7.89. The molecular weight excluding hydrogens is 331 g/mol. The number of benzene rings is 1. The van der Waals surface area contributed by atoms with Crippen molar-refractivity contribution in [1.29, 1.82) is 0 Å². The topological polar surface area (TPSA) is 38.2 Å². The number of piperidine rings is 1. The minimum absolute atomic E-state index is 0.324. The number of aromatic nitrogens is 2. The van der Waals surface area contributed by atoms with Crippen molar-refractivity contribution in [3.8, 4) is 6.01 Å². The smallest absolute Gasteiger partial charge is 0.416 e. The standard InChI is InChI=1S/C18H20F3N3O/c19-18(20,21)16-5-2-1-4-15(16)12-24-10-6-14(7-11-24)13-25-17-22-8-3-9-23-17/h1-5,8-9,14H,6-7,10-13H2. The van der Waals surface area contributed by atoms with Crippen molar-refractivity contribution in [3.05, 3.63) is 53.9 Å². The summed E-state index contributed by atoms with van der Waals surface area (Å²) in [5, 5.41) is 0. The molecule has 0 N–H and O–H groups in total. The minimum atomic E-state index is -4.31. The van der Waals surface area contributed by atoms with Gasteiger partial charge in [-0.05, 0) is 49.5 Å². The number of ether oxygens (including phenoxy) is 1. The van der Waals surface area contributed by atoms with Gasteiger partial charge in [0.1, 0.15) is 0 Å². The average molecular weight is 351 g/mol. The number of rotatable bonds is 5. The van der Waals surface area contributed by atoms with Crippen LogP contribution in [0.15, 0.2) is 42.7 Å². The fourth-order valence-electron chi connectivity index (χ4n) is 3.04. The SMILES string of the molecule is FC(F)(F)c1ccccc1CN1CCC(COc2ncccn2)CC1. The molecule has 0 aliphatic carbocycles. The number of hydrogen-bond donors (Lipinski definition) is 0. The fourth-order valence-corrected chi connectivity index (χ4v) is 3.04. The Kier molecular flexibility index (Phi) is 5.53. The summed E-state index contributed by atoms with van der Waals surface area (Å²) >= 11 is 0. The van der Waals surface area contributed by atoms with Crippen LogP contribution in [0.1, 0.15) is 24.0 Å². The first-order valence-corrected chi connectivity index (χ1v) is 8.29. The van der Waals surface area contributed by atoms with Gasteiger partial charge in [-0.25, -0.2) is 9.97 Å². The van der Waals surface area contributed by atoms with Crippen molar-refractivity contribution in [2.75, 3.05) is 19.7 Å². The van der Waals surface area contributed by atoms with Crippen LogP contribution in [0, 0.1) is 5.92 Å². The molecular formula is C18H20F3N3O. The molecule has 1 aliphatic rings. The van der Waals surface area contributed by atoms with Crippen LogP contribution in [0.5, 0.6) is 6.01 Å². The molecule has 0 amide bonds. The Bertz CT molecular complexity index is 671. The highest BCUT2D eigenvalue weighted by atomic mass is 19.4. The van der Waals surface area contributed by atoms with Gasteiger partial charge in [0.2, 0.25) is 0 Å². The van der Waals surface area contributed by atoms with Crippen LogP contribution >= 0.6 is 0 Å². The van der Waals surface area contributed by atoms with E-state index in [0.717, 1.165) is 32.0 Å². The number of halogens is 3. The second-order valence-corrected chi connectivity index (χ2v) is 6.22. The zero-order valence-corrected chi connectivity index (χ0v) is 13.7. The Morgan fingerprint density at radius 2 is 1.72 bits per heavy atom. The molecule has 1 aliphatic heterocycles. The van der Waals surface area contributed by atoms with E-state index in [-0.39, 0.29) is 0 Å². The molecule has 1 aromatic heterocycles. The summed E-state index contributed by atoms with van der Waals surface area (Å²) in [6.07, 6.45) is 0.729. The molecule has 25 heavy (non-hydrogen) atoms. The van der Waals surface area contributed by atoms with Crippen molar-refractivity contribution in [1.82, 2.24) is 14.9 Å². The second-order valence-electron chi connectivity index (χ2n) is 6.22. The highest BCUT2D eigenvalue weighted by Crippen LogP contribution is 2.33. The quantitative estimate of drug-likeness (QED) is 0.822. The molecule has 7 heteroatoms. The van der Waals surface area contributed by atoms with Crippen LogP contribution in [0.2, 0.25) is 0 Å². The van der Waals surface area contributed by atoms with E-state index in [1.807, 2.05) is 0 Å². The number of nitrogens with zero attached hydrogens (tertiary/aromatic N) is 3. The average Bonchev–Trinajstić information content (AvgIpc) is 2.62. The third-order valence-electron chi connectivity index (χ3n) is 4.41. The van der Waals surface area contributed by atoms with Gasteiger partial charge in [0, 0.05) is 18.9 Å². The van der Waals surface area contributed by atoms with E-state index >= 15 is 0 Å². The number of hydrogen-bond acceptors (Lipinski definition) is 4. The third-order valence-corrected chi connectivity index (χ3v) is 4.41. The van der Waals surface area contributed by atoms with Crippen molar-refractivity contribution >= 4 is 0 Å². The summed E-state index contributed by atoms with van der Waals surface area (Å²) in [5.41, 5.74) is -0.205. The third kappa shape index (κ3) is 4.92. The first kappa shape index (κ1) is 17.7. The van der Waals surface area contributed by atoms with Gasteiger partial charge >= 0.3 is 12.2 Å². The van der Waals surface area contributed by atoms with Gasteiger partial charge in [0.15, 0.2) is 0 Å². The maximum absolute atomic E-state index is 13.1. The summed E-state index contributed by atoms with van der Waals surface area (Å²) in [7, 11) is 0. The predicted octanol–water partition coefficient (Wildman–Crippen LogP) is 3.79. The molecule has 1 saturated heterocycles.